The second-order valence-electron chi connectivity index (χ2n) is 3.61. The van der Waals surface area contributed by atoms with Crippen LogP contribution in [0.2, 0.25) is 0 Å². The maximum Gasteiger partial charge on any atom is 0.268 e. The standard InChI is InChI=1S/C11H11BrN2O2S/c1-3-13-10(15)8-4-6-7(12)5-14(2)11(16)9(6)17-8/h4-5H,3H2,1-2H3,(H,13,15). The van der Waals surface area contributed by atoms with Gasteiger partial charge in [0.2, 0.25) is 0 Å². The summed E-state index contributed by atoms with van der Waals surface area (Å²) in [5.74, 6) is -0.136. The zero-order valence-electron chi connectivity index (χ0n) is 9.41. The highest BCUT2D eigenvalue weighted by Gasteiger charge is 2.14. The number of hydrogen-bond acceptors (Lipinski definition) is 3. The number of hydrogen-bond donors (Lipinski definition) is 1. The van der Waals surface area contributed by atoms with Gasteiger partial charge in [0, 0.05) is 29.6 Å². The van der Waals surface area contributed by atoms with E-state index in [2.05, 4.69) is 21.2 Å². The fourth-order valence-corrected chi connectivity index (χ4v) is 3.37. The Morgan fingerprint density at radius 2 is 2.29 bits per heavy atom. The number of aryl methyl sites for hydroxylation is 1. The number of halogens is 1. The van der Waals surface area contributed by atoms with Gasteiger partial charge in [-0.1, -0.05) is 0 Å². The van der Waals surface area contributed by atoms with E-state index in [0.29, 0.717) is 16.1 Å². The Hall–Kier alpha value is -1.14. The van der Waals surface area contributed by atoms with Gasteiger partial charge in [-0.3, -0.25) is 9.59 Å². The summed E-state index contributed by atoms with van der Waals surface area (Å²) in [5, 5.41) is 3.51. The fourth-order valence-electron chi connectivity index (χ4n) is 1.55. The van der Waals surface area contributed by atoms with E-state index >= 15 is 0 Å². The van der Waals surface area contributed by atoms with Crippen LogP contribution in [0, 0.1) is 0 Å². The summed E-state index contributed by atoms with van der Waals surface area (Å²) in [6.07, 6.45) is 1.71. The van der Waals surface area contributed by atoms with Crippen LogP contribution < -0.4 is 10.9 Å². The molecule has 0 aliphatic rings. The fraction of sp³-hybridized carbons (Fsp3) is 0.273. The van der Waals surface area contributed by atoms with Gasteiger partial charge >= 0.3 is 0 Å². The summed E-state index contributed by atoms with van der Waals surface area (Å²) in [6, 6.07) is 1.75. The van der Waals surface area contributed by atoms with Crippen molar-refractivity contribution in [3.63, 3.8) is 0 Å². The van der Waals surface area contributed by atoms with Crippen molar-refractivity contribution in [2.75, 3.05) is 6.54 Å². The first-order valence-electron chi connectivity index (χ1n) is 5.11. The van der Waals surface area contributed by atoms with E-state index in [1.807, 2.05) is 6.92 Å². The Balaban J connectivity index is 2.65. The number of thiophene rings is 1. The normalized spacial score (nSPS) is 10.8. The summed E-state index contributed by atoms with van der Waals surface area (Å²) in [6.45, 7) is 2.44. The van der Waals surface area contributed by atoms with Gasteiger partial charge in [0.15, 0.2) is 0 Å². The molecule has 0 unspecified atom stereocenters. The Morgan fingerprint density at radius 1 is 1.59 bits per heavy atom. The third kappa shape index (κ3) is 2.14. The zero-order chi connectivity index (χ0) is 12.6. The van der Waals surface area contributed by atoms with Crippen LogP contribution in [0.5, 0.6) is 0 Å². The van der Waals surface area contributed by atoms with Crippen molar-refractivity contribution < 1.29 is 4.79 Å². The minimum atomic E-state index is -0.136. The first-order valence-corrected chi connectivity index (χ1v) is 6.72. The van der Waals surface area contributed by atoms with Crippen LogP contribution in [-0.4, -0.2) is 17.0 Å². The first kappa shape index (κ1) is 12.3. The van der Waals surface area contributed by atoms with Crippen LogP contribution in [-0.2, 0) is 7.05 Å². The number of rotatable bonds is 2. The molecule has 0 saturated carbocycles. The second kappa shape index (κ2) is 4.62. The number of carbonyl (C=O) groups excluding carboxylic acids is 1. The van der Waals surface area contributed by atoms with E-state index in [1.165, 1.54) is 15.9 Å². The van der Waals surface area contributed by atoms with Crippen molar-refractivity contribution >= 4 is 43.3 Å². The number of nitrogens with one attached hydrogen (secondary N) is 1. The Labute approximate surface area is 110 Å². The molecule has 0 spiro atoms. The van der Waals surface area contributed by atoms with Gasteiger partial charge in [0.05, 0.1) is 4.88 Å². The molecule has 17 heavy (non-hydrogen) atoms. The lowest BCUT2D eigenvalue weighted by atomic mass is 10.3. The predicted octanol–water partition coefficient (Wildman–Crippen LogP) is 2.11. The molecule has 0 bridgehead atoms. The maximum absolute atomic E-state index is 11.9. The summed E-state index contributed by atoms with van der Waals surface area (Å²) in [4.78, 5) is 24.2. The maximum atomic E-state index is 11.9. The van der Waals surface area contributed by atoms with E-state index in [0.717, 1.165) is 9.86 Å². The number of pyridine rings is 1. The lowest BCUT2D eigenvalue weighted by Gasteiger charge is -1.98. The highest BCUT2D eigenvalue weighted by molar-refractivity contribution is 9.10. The van der Waals surface area contributed by atoms with Gasteiger partial charge in [-0.05, 0) is 28.9 Å². The van der Waals surface area contributed by atoms with E-state index < -0.39 is 0 Å². The van der Waals surface area contributed by atoms with E-state index in [4.69, 9.17) is 0 Å². The Kier molecular flexibility index (Phi) is 3.35. The van der Waals surface area contributed by atoms with Crippen LogP contribution >= 0.6 is 27.3 Å². The number of fused-ring (bicyclic) bond motifs is 1. The molecular weight excluding hydrogens is 304 g/mol. The summed E-state index contributed by atoms with van der Waals surface area (Å²) >= 11 is 4.62. The van der Waals surface area contributed by atoms with Crippen molar-refractivity contribution in [3.8, 4) is 0 Å². The molecule has 2 aromatic rings. The smallest absolute Gasteiger partial charge is 0.268 e. The zero-order valence-corrected chi connectivity index (χ0v) is 11.8. The van der Waals surface area contributed by atoms with E-state index in [-0.39, 0.29) is 11.5 Å². The van der Waals surface area contributed by atoms with Gasteiger partial charge in [-0.2, -0.15) is 0 Å². The number of nitrogens with zero attached hydrogens (tertiary/aromatic N) is 1. The second-order valence-corrected chi connectivity index (χ2v) is 5.51. The van der Waals surface area contributed by atoms with E-state index in [9.17, 15) is 9.59 Å². The SMILES string of the molecule is CCNC(=O)c1cc2c(Br)cn(C)c(=O)c2s1. The molecule has 0 aromatic carbocycles. The van der Waals surface area contributed by atoms with Gasteiger partial charge in [0.1, 0.15) is 4.70 Å². The summed E-state index contributed by atoms with van der Waals surface area (Å²) < 4.78 is 2.93. The summed E-state index contributed by atoms with van der Waals surface area (Å²) in [5.41, 5.74) is -0.0799. The number of amides is 1. The largest absolute Gasteiger partial charge is 0.352 e. The van der Waals surface area contributed by atoms with Crippen LogP contribution in [0.1, 0.15) is 16.6 Å². The summed E-state index contributed by atoms with van der Waals surface area (Å²) in [7, 11) is 1.69. The molecule has 2 aromatic heterocycles. The lowest BCUT2D eigenvalue weighted by molar-refractivity contribution is 0.0960. The number of carbonyl (C=O) groups is 1. The molecule has 2 heterocycles. The van der Waals surface area contributed by atoms with Crippen molar-refractivity contribution in [3.05, 3.63) is 32.0 Å². The van der Waals surface area contributed by atoms with Gasteiger partial charge in [-0.15, -0.1) is 11.3 Å². The minimum Gasteiger partial charge on any atom is -0.352 e. The lowest BCUT2D eigenvalue weighted by Crippen LogP contribution is -2.21. The quantitative estimate of drug-likeness (QED) is 0.923. The van der Waals surface area contributed by atoms with Crippen LogP contribution in [0.4, 0.5) is 0 Å². The Bertz CT molecular complexity index is 645. The molecule has 0 aliphatic carbocycles. The van der Waals surface area contributed by atoms with Crippen LogP contribution in [0.3, 0.4) is 0 Å². The third-order valence-electron chi connectivity index (χ3n) is 2.37. The average Bonchev–Trinajstić information content (AvgIpc) is 2.72. The molecule has 2 rings (SSSR count). The van der Waals surface area contributed by atoms with Crippen molar-refractivity contribution in [1.82, 2.24) is 9.88 Å². The monoisotopic (exact) mass is 314 g/mol. The molecule has 90 valence electrons. The molecule has 6 heteroatoms. The molecule has 0 radical (unpaired) electrons. The van der Waals surface area contributed by atoms with E-state index in [1.54, 1.807) is 19.3 Å². The molecule has 0 saturated heterocycles. The Morgan fingerprint density at radius 3 is 2.94 bits per heavy atom. The minimum absolute atomic E-state index is 0.0799. The molecule has 4 nitrogen and oxygen atoms in total. The third-order valence-corrected chi connectivity index (χ3v) is 4.13. The highest BCUT2D eigenvalue weighted by Crippen LogP contribution is 2.28. The number of aromatic nitrogens is 1. The van der Waals surface area contributed by atoms with Crippen molar-refractivity contribution in [1.29, 1.82) is 0 Å². The van der Waals surface area contributed by atoms with Gasteiger partial charge in [-0.25, -0.2) is 0 Å². The van der Waals surface area contributed by atoms with Gasteiger partial charge in [0.25, 0.3) is 11.5 Å². The molecule has 1 N–H and O–H groups in total. The molecule has 1 amide bonds. The highest BCUT2D eigenvalue weighted by atomic mass is 79.9. The first-order chi connectivity index (χ1) is 8.04. The topological polar surface area (TPSA) is 51.1 Å². The molecular formula is C11H11BrN2O2S. The van der Waals surface area contributed by atoms with Crippen molar-refractivity contribution in [2.45, 2.75) is 6.92 Å². The predicted molar refractivity (Wildman–Crippen MR) is 72.8 cm³/mol. The molecule has 0 atom stereocenters. The molecule has 0 fully saturated rings. The van der Waals surface area contributed by atoms with Crippen LogP contribution in [0.15, 0.2) is 21.5 Å². The molecule has 0 aliphatic heterocycles. The van der Waals surface area contributed by atoms with Gasteiger partial charge < -0.3 is 9.88 Å². The van der Waals surface area contributed by atoms with Crippen molar-refractivity contribution in [2.24, 2.45) is 7.05 Å². The average molecular weight is 315 g/mol. The van der Waals surface area contributed by atoms with Crippen LogP contribution in [0.25, 0.3) is 10.1 Å².